The molecule has 0 spiro atoms. The van der Waals surface area contributed by atoms with E-state index in [1.54, 1.807) is 0 Å². The van der Waals surface area contributed by atoms with Gasteiger partial charge in [0.15, 0.2) is 0 Å². The fourth-order valence-corrected chi connectivity index (χ4v) is 6.45. The summed E-state index contributed by atoms with van der Waals surface area (Å²) < 4.78 is 0. The molecule has 0 aromatic heterocycles. The number of benzene rings is 1. The van der Waals surface area contributed by atoms with Crippen molar-refractivity contribution in [2.75, 3.05) is 13.1 Å². The molecule has 1 aromatic carbocycles. The van der Waals surface area contributed by atoms with Gasteiger partial charge in [-0.1, -0.05) is 84.4 Å². The van der Waals surface area contributed by atoms with Gasteiger partial charge in [0.1, 0.15) is 11.7 Å². The number of amidine groups is 2. The Bertz CT molecular complexity index is 820. The Morgan fingerprint density at radius 3 is 1.47 bits per heavy atom. The Labute approximate surface area is 207 Å². The van der Waals surface area contributed by atoms with Crippen molar-refractivity contribution in [1.82, 2.24) is 9.80 Å². The molecule has 4 nitrogen and oxygen atoms in total. The Balaban J connectivity index is 1.46. The summed E-state index contributed by atoms with van der Waals surface area (Å²) in [5, 5.41) is 0. The molecular formula is C30H45N4. The molecule has 1 aromatic rings. The van der Waals surface area contributed by atoms with Crippen LogP contribution in [0, 0.1) is 17.9 Å². The lowest BCUT2D eigenvalue weighted by Crippen LogP contribution is -2.42. The smallest absolute Gasteiger partial charge is 0.132 e. The van der Waals surface area contributed by atoms with Gasteiger partial charge in [0.25, 0.3) is 0 Å². The van der Waals surface area contributed by atoms with Gasteiger partial charge in [0.2, 0.25) is 0 Å². The Morgan fingerprint density at radius 1 is 0.676 bits per heavy atom. The van der Waals surface area contributed by atoms with Crippen LogP contribution in [0.5, 0.6) is 0 Å². The molecule has 1 radical (unpaired) electrons. The maximum Gasteiger partial charge on any atom is 0.132 e. The molecule has 2 fully saturated rings. The molecule has 2 heterocycles. The molecule has 0 unspecified atom stereocenters. The second-order valence-corrected chi connectivity index (χ2v) is 11.9. The number of hydrogen-bond acceptors (Lipinski definition) is 4. The minimum Gasteiger partial charge on any atom is -0.351 e. The van der Waals surface area contributed by atoms with E-state index in [9.17, 15) is 0 Å². The van der Waals surface area contributed by atoms with Gasteiger partial charge in [0.05, 0.1) is 12.1 Å². The lowest BCUT2D eigenvalue weighted by Gasteiger charge is -2.35. The topological polar surface area (TPSA) is 31.2 Å². The second kappa shape index (κ2) is 10.4. The van der Waals surface area contributed by atoms with Crippen LogP contribution in [0.25, 0.3) is 0 Å². The monoisotopic (exact) mass is 461 g/mol. The molecule has 4 heteroatoms. The molecule has 0 bridgehead atoms. The van der Waals surface area contributed by atoms with Crippen LogP contribution >= 0.6 is 0 Å². The largest absolute Gasteiger partial charge is 0.351 e. The summed E-state index contributed by atoms with van der Waals surface area (Å²) in [5.74, 6) is 3.52. The van der Waals surface area contributed by atoms with E-state index < -0.39 is 0 Å². The zero-order chi connectivity index (χ0) is 23.7. The van der Waals surface area contributed by atoms with E-state index >= 15 is 0 Å². The Morgan fingerprint density at radius 2 is 1.09 bits per heavy atom. The van der Waals surface area contributed by atoms with Gasteiger partial charge in [0, 0.05) is 42.4 Å². The second-order valence-electron chi connectivity index (χ2n) is 11.9. The van der Waals surface area contributed by atoms with Crippen molar-refractivity contribution in [3.05, 3.63) is 35.4 Å². The maximum atomic E-state index is 5.29. The van der Waals surface area contributed by atoms with Crippen LogP contribution < -0.4 is 0 Å². The minimum atomic E-state index is 0.391. The van der Waals surface area contributed by atoms with Crippen LogP contribution in [0.4, 0.5) is 0 Å². The van der Waals surface area contributed by atoms with Gasteiger partial charge < -0.3 is 9.80 Å². The molecular weight excluding hydrogens is 416 g/mol. The van der Waals surface area contributed by atoms with Crippen LogP contribution in [0.1, 0.15) is 103 Å². The van der Waals surface area contributed by atoms with E-state index in [-0.39, 0.29) is 0 Å². The van der Waals surface area contributed by atoms with Gasteiger partial charge in [-0.05, 0) is 37.5 Å². The predicted octanol–water partition coefficient (Wildman–Crippen LogP) is 6.33. The number of nitrogens with zero attached hydrogens (tertiary/aromatic N) is 4. The predicted molar refractivity (Wildman–Crippen MR) is 143 cm³/mol. The molecule has 2 atom stereocenters. The van der Waals surface area contributed by atoms with Gasteiger partial charge >= 0.3 is 0 Å². The molecule has 34 heavy (non-hydrogen) atoms. The van der Waals surface area contributed by atoms with E-state index in [0.717, 1.165) is 13.1 Å². The van der Waals surface area contributed by atoms with E-state index in [0.29, 0.717) is 36.0 Å². The average molecular weight is 462 g/mol. The van der Waals surface area contributed by atoms with Gasteiger partial charge in [-0.3, -0.25) is 9.98 Å². The summed E-state index contributed by atoms with van der Waals surface area (Å²) in [6.07, 6.45) is 13.4. The van der Waals surface area contributed by atoms with E-state index in [1.165, 1.54) is 87.0 Å². The lowest BCUT2D eigenvalue weighted by atomic mass is 9.92. The first-order chi connectivity index (χ1) is 16.5. The molecule has 0 saturated heterocycles. The number of aliphatic imine (C=N–C) groups is 2. The van der Waals surface area contributed by atoms with Crippen molar-refractivity contribution in [3.63, 3.8) is 0 Å². The highest BCUT2D eigenvalue weighted by Crippen LogP contribution is 2.32. The van der Waals surface area contributed by atoms with Crippen LogP contribution in [0.2, 0.25) is 0 Å². The van der Waals surface area contributed by atoms with E-state index in [4.69, 9.17) is 9.98 Å². The van der Waals surface area contributed by atoms with Crippen LogP contribution in [0.3, 0.4) is 0 Å². The maximum absolute atomic E-state index is 5.29. The van der Waals surface area contributed by atoms with Crippen molar-refractivity contribution >= 4 is 11.7 Å². The first-order valence-corrected chi connectivity index (χ1v) is 14.2. The number of rotatable bonds is 6. The average Bonchev–Trinajstić information content (AvgIpc) is 3.51. The Kier molecular flexibility index (Phi) is 7.32. The highest BCUT2D eigenvalue weighted by atomic mass is 15.3. The summed E-state index contributed by atoms with van der Waals surface area (Å²) in [4.78, 5) is 15.9. The van der Waals surface area contributed by atoms with E-state index in [1.807, 2.05) is 0 Å². The molecule has 2 saturated carbocycles. The van der Waals surface area contributed by atoms with Crippen molar-refractivity contribution in [2.24, 2.45) is 21.8 Å². The number of hydrogen-bond donors (Lipinski definition) is 0. The van der Waals surface area contributed by atoms with Crippen molar-refractivity contribution in [3.8, 4) is 0 Å². The van der Waals surface area contributed by atoms with Gasteiger partial charge in [-0.15, -0.1) is 0 Å². The minimum absolute atomic E-state index is 0.391. The van der Waals surface area contributed by atoms with E-state index in [2.05, 4.69) is 61.8 Å². The molecule has 185 valence electrons. The van der Waals surface area contributed by atoms with Crippen molar-refractivity contribution < 1.29 is 0 Å². The summed E-state index contributed by atoms with van der Waals surface area (Å²) in [5.41, 5.74) is 2.34. The summed E-state index contributed by atoms with van der Waals surface area (Å²) in [7, 11) is 0. The summed E-state index contributed by atoms with van der Waals surface area (Å²) in [6, 6.07) is 12.6. The Hall–Kier alpha value is -1.84. The zero-order valence-electron chi connectivity index (χ0n) is 22.0. The SMILES string of the molecule is CC(C)[C@H]1CN(C2CCCCC2)C(c2[c]c(C3=N[C@@H](C(C)C)CN3C3CCCCC3)ccc2)=N1. The van der Waals surface area contributed by atoms with Crippen LogP contribution in [-0.4, -0.2) is 58.7 Å². The quantitative estimate of drug-likeness (QED) is 0.496. The molecule has 0 N–H and O–H groups in total. The summed E-state index contributed by atoms with van der Waals surface area (Å²) >= 11 is 0. The van der Waals surface area contributed by atoms with Crippen LogP contribution in [-0.2, 0) is 0 Å². The molecule has 2 aliphatic heterocycles. The highest BCUT2D eigenvalue weighted by Gasteiger charge is 2.36. The summed E-state index contributed by atoms with van der Waals surface area (Å²) in [6.45, 7) is 11.4. The standard InChI is InChI=1S/C30H45N4/c1-21(2)27-19-33(25-14-7-5-8-15-25)29(31-27)23-12-11-13-24(18-23)30-32-28(22(3)4)20-34(30)26-16-9-6-10-17-26/h11-13,21-22,25-28H,5-10,14-17,19-20H2,1-4H3/t27-,28-/m1/s1. The fraction of sp³-hybridized carbons (Fsp3) is 0.733. The lowest BCUT2D eigenvalue weighted by molar-refractivity contribution is 0.241. The third-order valence-corrected chi connectivity index (χ3v) is 8.73. The highest BCUT2D eigenvalue weighted by molar-refractivity contribution is 6.05. The fourth-order valence-electron chi connectivity index (χ4n) is 6.45. The molecule has 0 amide bonds. The normalized spacial score (nSPS) is 27.1. The van der Waals surface area contributed by atoms with Gasteiger partial charge in [-0.25, -0.2) is 0 Å². The first-order valence-electron chi connectivity index (χ1n) is 14.2. The third kappa shape index (κ3) is 4.93. The van der Waals surface area contributed by atoms with Crippen molar-refractivity contribution in [2.45, 2.75) is 116 Å². The zero-order valence-corrected chi connectivity index (χ0v) is 22.0. The first kappa shape index (κ1) is 23.9. The molecule has 2 aliphatic carbocycles. The van der Waals surface area contributed by atoms with Gasteiger partial charge in [-0.2, -0.15) is 0 Å². The molecule has 4 aliphatic rings. The molecule has 5 rings (SSSR count). The third-order valence-electron chi connectivity index (χ3n) is 8.73. The van der Waals surface area contributed by atoms with Crippen LogP contribution in [0.15, 0.2) is 28.2 Å². The van der Waals surface area contributed by atoms with Crippen molar-refractivity contribution in [1.29, 1.82) is 0 Å².